The molecule has 2 aromatic rings. The molecule has 0 radical (unpaired) electrons. The van der Waals surface area contributed by atoms with Crippen LogP contribution in [-0.2, 0) is 16.6 Å². The quantitative estimate of drug-likeness (QED) is 0.828. The molecule has 1 aliphatic heterocycles. The van der Waals surface area contributed by atoms with Gasteiger partial charge in [-0.25, -0.2) is 0 Å². The van der Waals surface area contributed by atoms with Gasteiger partial charge in [0.2, 0.25) is 5.91 Å². The summed E-state index contributed by atoms with van der Waals surface area (Å²) >= 11 is 0. The maximum absolute atomic E-state index is 12.6. The smallest absolute Gasteiger partial charge is 0.226 e. The standard InChI is InChI=1S/C22H24N2O2/c1-2-26-20-10-8-18(9-11-20)16-21(25)24-14-12-22(17-23,13-15-24)19-6-4-3-5-7-19/h3-11H,2,12-16H2,1H3. The lowest BCUT2D eigenvalue weighted by Crippen LogP contribution is -2.45. The molecule has 1 aliphatic rings. The van der Waals surface area contributed by atoms with Crippen LogP contribution in [-0.4, -0.2) is 30.5 Å². The van der Waals surface area contributed by atoms with Crippen molar-refractivity contribution >= 4 is 5.91 Å². The minimum Gasteiger partial charge on any atom is -0.494 e. The molecule has 26 heavy (non-hydrogen) atoms. The van der Waals surface area contributed by atoms with Gasteiger partial charge in [-0.1, -0.05) is 42.5 Å². The van der Waals surface area contributed by atoms with Gasteiger partial charge in [0.05, 0.1) is 24.5 Å². The van der Waals surface area contributed by atoms with Crippen LogP contribution >= 0.6 is 0 Å². The van der Waals surface area contributed by atoms with Crippen LogP contribution in [0.2, 0.25) is 0 Å². The van der Waals surface area contributed by atoms with Crippen molar-refractivity contribution < 1.29 is 9.53 Å². The van der Waals surface area contributed by atoms with Crippen LogP contribution < -0.4 is 4.74 Å². The number of nitriles is 1. The molecule has 0 N–H and O–H groups in total. The maximum Gasteiger partial charge on any atom is 0.226 e. The Morgan fingerprint density at radius 1 is 1.12 bits per heavy atom. The van der Waals surface area contributed by atoms with E-state index < -0.39 is 5.41 Å². The van der Waals surface area contributed by atoms with E-state index in [0.717, 1.165) is 16.9 Å². The van der Waals surface area contributed by atoms with Gasteiger partial charge in [0.15, 0.2) is 0 Å². The fourth-order valence-corrected chi connectivity index (χ4v) is 3.52. The summed E-state index contributed by atoms with van der Waals surface area (Å²) < 4.78 is 5.43. The van der Waals surface area contributed by atoms with Gasteiger partial charge in [-0.3, -0.25) is 4.79 Å². The second-order valence-electron chi connectivity index (χ2n) is 6.69. The van der Waals surface area contributed by atoms with Crippen LogP contribution in [0.1, 0.15) is 30.9 Å². The van der Waals surface area contributed by atoms with Crippen molar-refractivity contribution in [3.8, 4) is 11.8 Å². The van der Waals surface area contributed by atoms with E-state index in [-0.39, 0.29) is 5.91 Å². The molecule has 1 amide bonds. The van der Waals surface area contributed by atoms with E-state index in [2.05, 4.69) is 6.07 Å². The van der Waals surface area contributed by atoms with E-state index in [0.29, 0.717) is 39.0 Å². The number of amides is 1. The Hall–Kier alpha value is -2.80. The van der Waals surface area contributed by atoms with Crippen LogP contribution in [0.15, 0.2) is 54.6 Å². The van der Waals surface area contributed by atoms with Crippen molar-refractivity contribution in [2.75, 3.05) is 19.7 Å². The molecule has 0 saturated carbocycles. The van der Waals surface area contributed by atoms with Crippen LogP contribution in [0.5, 0.6) is 5.75 Å². The Labute approximate surface area is 155 Å². The highest BCUT2D eigenvalue weighted by Crippen LogP contribution is 2.35. The number of nitrogens with zero attached hydrogens (tertiary/aromatic N) is 2. The number of likely N-dealkylation sites (tertiary alicyclic amines) is 1. The first kappa shape index (κ1) is 18.0. The number of hydrogen-bond acceptors (Lipinski definition) is 3. The summed E-state index contributed by atoms with van der Waals surface area (Å²) in [5.74, 6) is 0.942. The largest absolute Gasteiger partial charge is 0.494 e. The number of carbonyl (C=O) groups is 1. The van der Waals surface area contributed by atoms with Gasteiger partial charge >= 0.3 is 0 Å². The summed E-state index contributed by atoms with van der Waals surface area (Å²) in [4.78, 5) is 14.5. The highest BCUT2D eigenvalue weighted by Gasteiger charge is 2.37. The number of rotatable bonds is 5. The minimum atomic E-state index is -0.475. The molecule has 1 fully saturated rings. The fraction of sp³-hybridized carbons (Fsp3) is 0.364. The van der Waals surface area contributed by atoms with Gasteiger partial charge in [0.1, 0.15) is 5.75 Å². The number of carbonyl (C=O) groups excluding carboxylic acids is 1. The average molecular weight is 348 g/mol. The Balaban J connectivity index is 1.60. The molecule has 0 aliphatic carbocycles. The van der Waals surface area contributed by atoms with Gasteiger partial charge in [0.25, 0.3) is 0 Å². The van der Waals surface area contributed by atoms with Gasteiger partial charge in [0, 0.05) is 13.1 Å². The van der Waals surface area contributed by atoms with E-state index in [4.69, 9.17) is 4.74 Å². The third kappa shape index (κ3) is 3.88. The summed E-state index contributed by atoms with van der Waals surface area (Å²) in [7, 11) is 0. The lowest BCUT2D eigenvalue weighted by Gasteiger charge is -2.37. The molecule has 0 bridgehead atoms. The second kappa shape index (κ2) is 8.05. The van der Waals surface area contributed by atoms with Crippen molar-refractivity contribution in [3.05, 3.63) is 65.7 Å². The molecule has 4 nitrogen and oxygen atoms in total. The van der Waals surface area contributed by atoms with Crippen molar-refractivity contribution in [2.24, 2.45) is 0 Å². The molecular formula is C22H24N2O2. The monoisotopic (exact) mass is 348 g/mol. The number of benzene rings is 2. The zero-order valence-electron chi connectivity index (χ0n) is 15.1. The molecule has 1 heterocycles. The Bertz CT molecular complexity index is 770. The van der Waals surface area contributed by atoms with Crippen LogP contribution in [0.4, 0.5) is 0 Å². The molecule has 0 unspecified atom stereocenters. The third-order valence-corrected chi connectivity index (χ3v) is 5.10. The van der Waals surface area contributed by atoms with Crippen molar-refractivity contribution in [3.63, 3.8) is 0 Å². The van der Waals surface area contributed by atoms with E-state index in [9.17, 15) is 10.1 Å². The highest BCUT2D eigenvalue weighted by atomic mass is 16.5. The van der Waals surface area contributed by atoms with Gasteiger partial charge in [-0.05, 0) is 43.0 Å². The predicted octanol–water partition coefficient (Wildman–Crippen LogP) is 3.71. The first-order valence-electron chi connectivity index (χ1n) is 9.13. The summed E-state index contributed by atoms with van der Waals surface area (Å²) in [5, 5.41) is 9.76. The Morgan fingerprint density at radius 2 is 1.77 bits per heavy atom. The third-order valence-electron chi connectivity index (χ3n) is 5.10. The second-order valence-corrected chi connectivity index (χ2v) is 6.69. The number of hydrogen-bond donors (Lipinski definition) is 0. The van der Waals surface area contributed by atoms with Gasteiger partial charge in [-0.2, -0.15) is 5.26 Å². The zero-order valence-corrected chi connectivity index (χ0v) is 15.1. The van der Waals surface area contributed by atoms with Crippen LogP contribution in [0.25, 0.3) is 0 Å². The zero-order chi connectivity index (χ0) is 18.4. The molecule has 1 saturated heterocycles. The molecule has 0 atom stereocenters. The molecular weight excluding hydrogens is 324 g/mol. The SMILES string of the molecule is CCOc1ccc(CC(=O)N2CCC(C#N)(c3ccccc3)CC2)cc1. The molecule has 4 heteroatoms. The molecule has 0 aromatic heterocycles. The fourth-order valence-electron chi connectivity index (χ4n) is 3.52. The minimum absolute atomic E-state index is 0.119. The summed E-state index contributed by atoms with van der Waals surface area (Å²) in [6.45, 7) is 3.83. The highest BCUT2D eigenvalue weighted by molar-refractivity contribution is 5.79. The topological polar surface area (TPSA) is 53.3 Å². The van der Waals surface area contributed by atoms with E-state index in [1.165, 1.54) is 0 Å². The first-order valence-corrected chi connectivity index (χ1v) is 9.13. The average Bonchev–Trinajstić information content (AvgIpc) is 2.70. The lowest BCUT2D eigenvalue weighted by molar-refractivity contribution is -0.131. The Morgan fingerprint density at radius 3 is 2.35 bits per heavy atom. The van der Waals surface area contributed by atoms with Gasteiger partial charge < -0.3 is 9.64 Å². The molecule has 0 spiro atoms. The number of piperidine rings is 1. The van der Waals surface area contributed by atoms with E-state index >= 15 is 0 Å². The summed E-state index contributed by atoms with van der Waals surface area (Å²) in [6.07, 6.45) is 1.75. The molecule has 3 rings (SSSR count). The molecule has 2 aromatic carbocycles. The van der Waals surface area contributed by atoms with Crippen LogP contribution in [0, 0.1) is 11.3 Å². The number of ether oxygens (including phenoxy) is 1. The van der Waals surface area contributed by atoms with Gasteiger partial charge in [-0.15, -0.1) is 0 Å². The van der Waals surface area contributed by atoms with Crippen LogP contribution in [0.3, 0.4) is 0 Å². The first-order chi connectivity index (χ1) is 12.7. The summed E-state index contributed by atoms with van der Waals surface area (Å²) in [5.41, 5.74) is 1.57. The predicted molar refractivity (Wildman–Crippen MR) is 101 cm³/mol. The van der Waals surface area contributed by atoms with E-state index in [1.54, 1.807) is 0 Å². The van der Waals surface area contributed by atoms with Crippen molar-refractivity contribution in [1.29, 1.82) is 5.26 Å². The maximum atomic E-state index is 12.6. The Kier molecular flexibility index (Phi) is 5.58. The van der Waals surface area contributed by atoms with Crippen molar-refractivity contribution in [2.45, 2.75) is 31.6 Å². The van der Waals surface area contributed by atoms with Crippen molar-refractivity contribution in [1.82, 2.24) is 4.90 Å². The van der Waals surface area contributed by atoms with E-state index in [1.807, 2.05) is 66.4 Å². The lowest BCUT2D eigenvalue weighted by atomic mass is 9.74. The summed E-state index contributed by atoms with van der Waals surface area (Å²) in [6, 6.07) is 20.1. The normalized spacial score (nSPS) is 15.9. The molecule has 134 valence electrons.